The van der Waals surface area contributed by atoms with Gasteiger partial charge in [-0.1, -0.05) is 24.3 Å². The van der Waals surface area contributed by atoms with E-state index in [0.29, 0.717) is 21.0 Å². The van der Waals surface area contributed by atoms with E-state index in [1.54, 1.807) is 24.3 Å². The van der Waals surface area contributed by atoms with E-state index in [2.05, 4.69) is 14.9 Å². The average Bonchev–Trinajstić information content (AvgIpc) is 3.17. The average molecular weight is 493 g/mol. The Labute approximate surface area is 195 Å². The third kappa shape index (κ3) is 4.57. The molecule has 4 rings (SSSR count). The number of rotatable bonds is 3. The predicted molar refractivity (Wildman–Crippen MR) is 113 cm³/mol. The molecule has 184 valence electrons. The second-order valence-electron chi connectivity index (χ2n) is 7.21. The predicted octanol–water partition coefficient (Wildman–Crippen LogP) is 1.59. The van der Waals surface area contributed by atoms with Crippen molar-refractivity contribution in [1.29, 1.82) is 0 Å². The Morgan fingerprint density at radius 1 is 1.03 bits per heavy atom. The van der Waals surface area contributed by atoms with Crippen molar-refractivity contribution in [2.24, 2.45) is 0 Å². The summed E-state index contributed by atoms with van der Waals surface area (Å²) in [5.41, 5.74) is 3.42. The van der Waals surface area contributed by atoms with Crippen molar-refractivity contribution in [3.8, 4) is 5.75 Å². The summed E-state index contributed by atoms with van der Waals surface area (Å²) in [4.78, 5) is 38.7. The van der Waals surface area contributed by atoms with Crippen molar-refractivity contribution in [3.05, 3.63) is 59.0 Å². The van der Waals surface area contributed by atoms with E-state index in [4.69, 9.17) is 9.47 Å². The number of anilines is 1. The van der Waals surface area contributed by atoms with Gasteiger partial charge in [0.25, 0.3) is 0 Å². The molecule has 1 N–H and O–H groups in total. The molecule has 1 aliphatic carbocycles. The summed E-state index contributed by atoms with van der Waals surface area (Å²) in [6.07, 6.45) is -6.84. The number of halogens is 3. The Balaban J connectivity index is 1.64. The van der Waals surface area contributed by atoms with Crippen molar-refractivity contribution >= 4 is 35.1 Å². The number of imide groups is 1. The molecule has 1 aliphatic heterocycles. The Hall–Kier alpha value is -4.26. The number of benzene rings is 2. The summed E-state index contributed by atoms with van der Waals surface area (Å²) in [5, 5.41) is 2.11. The molecule has 1 saturated heterocycles. The minimum Gasteiger partial charge on any atom is -0.466 e. The highest BCUT2D eigenvalue weighted by Gasteiger charge is 2.40. The molecule has 3 amide bonds. The normalized spacial score (nSPS) is 16.6. The minimum absolute atomic E-state index is 0.0843. The topological polar surface area (TPSA) is 107 Å². The van der Waals surface area contributed by atoms with E-state index in [1.165, 1.54) is 7.11 Å². The number of hydrogen-bond acceptors (Lipinski definition) is 8. The van der Waals surface area contributed by atoms with Crippen LogP contribution in [0.1, 0.15) is 0 Å². The first-order valence-corrected chi connectivity index (χ1v) is 10.00. The van der Waals surface area contributed by atoms with Crippen molar-refractivity contribution in [1.82, 2.24) is 10.4 Å². The lowest BCUT2D eigenvalue weighted by Crippen LogP contribution is -2.57. The molecule has 35 heavy (non-hydrogen) atoms. The summed E-state index contributed by atoms with van der Waals surface area (Å²) >= 11 is 0. The largest absolute Gasteiger partial charge is 0.573 e. The van der Waals surface area contributed by atoms with Gasteiger partial charge >= 0.3 is 24.5 Å². The summed E-state index contributed by atoms with van der Waals surface area (Å²) in [6.45, 7) is -0.385. The quantitative estimate of drug-likeness (QED) is 0.643. The van der Waals surface area contributed by atoms with Crippen LogP contribution in [0.4, 0.5) is 28.4 Å². The van der Waals surface area contributed by atoms with E-state index in [-0.39, 0.29) is 18.0 Å². The van der Waals surface area contributed by atoms with Crippen molar-refractivity contribution in [2.75, 3.05) is 25.9 Å². The van der Waals surface area contributed by atoms with Gasteiger partial charge < -0.3 is 18.9 Å². The van der Waals surface area contributed by atoms with Gasteiger partial charge in [0, 0.05) is 5.22 Å². The van der Waals surface area contributed by atoms with Crippen LogP contribution in [-0.2, 0) is 19.0 Å². The smallest absolute Gasteiger partial charge is 0.466 e. The first kappa shape index (κ1) is 23.9. The van der Waals surface area contributed by atoms with Crippen LogP contribution in [0.2, 0.25) is 0 Å². The van der Waals surface area contributed by atoms with Crippen LogP contribution in [0.25, 0.3) is 11.3 Å². The first-order valence-electron chi connectivity index (χ1n) is 10.00. The van der Waals surface area contributed by atoms with Gasteiger partial charge in [-0.25, -0.2) is 19.4 Å². The van der Waals surface area contributed by atoms with Gasteiger partial charge in [-0.2, -0.15) is 4.90 Å². The lowest BCUT2D eigenvalue weighted by Gasteiger charge is -2.36. The zero-order valence-electron chi connectivity index (χ0n) is 18.3. The number of nitrogens with zero attached hydrogens (tertiary/aromatic N) is 2. The molecule has 2 aromatic carbocycles. The molecule has 2 aromatic rings. The zero-order valence-corrected chi connectivity index (χ0v) is 18.3. The van der Waals surface area contributed by atoms with Crippen LogP contribution in [0, 0.1) is 0 Å². The number of urea groups is 1. The molecular formula is C22H18F3N3O7. The van der Waals surface area contributed by atoms with Gasteiger partial charge in [-0.05, 0) is 29.5 Å². The summed E-state index contributed by atoms with van der Waals surface area (Å²) in [6, 6.07) is 10.0. The molecule has 1 fully saturated rings. The number of alkyl halides is 3. The van der Waals surface area contributed by atoms with Crippen LogP contribution in [0.5, 0.6) is 5.75 Å². The van der Waals surface area contributed by atoms with Crippen molar-refractivity contribution < 1.29 is 46.5 Å². The number of methoxy groups -OCH3 is 2. The standard InChI is InChI=1S/C22H18F3N3O7/c1-32-19(29)16-14-5-3-4-6-15(14)17-18(16)34-11-27(26-17)20(30)28(21(31)33-2)12-7-9-13(10-8-12)35-22(23,24)25/h3-10,18,26H,11H2,1-2H3. The van der Waals surface area contributed by atoms with Crippen LogP contribution in [-0.4, -0.2) is 56.5 Å². The van der Waals surface area contributed by atoms with Gasteiger partial charge in [0.2, 0.25) is 0 Å². The number of carbonyl (C=O) groups is 3. The molecule has 0 spiro atoms. The summed E-state index contributed by atoms with van der Waals surface area (Å²) in [5.74, 6) is -1.14. The highest BCUT2D eigenvalue weighted by atomic mass is 19.4. The molecule has 2 aliphatic rings. The Bertz CT molecular complexity index is 1290. The van der Waals surface area contributed by atoms with Gasteiger partial charge in [0.05, 0.1) is 31.2 Å². The van der Waals surface area contributed by atoms with Gasteiger partial charge in [-0.15, -0.1) is 13.2 Å². The van der Waals surface area contributed by atoms with E-state index in [9.17, 15) is 27.6 Å². The highest BCUT2D eigenvalue weighted by molar-refractivity contribution is 6.15. The molecule has 1 atom stereocenters. The number of esters is 1. The second-order valence-corrected chi connectivity index (χ2v) is 7.21. The van der Waals surface area contributed by atoms with E-state index in [0.717, 1.165) is 36.4 Å². The highest BCUT2D eigenvalue weighted by Crippen LogP contribution is 2.28. The van der Waals surface area contributed by atoms with Crippen LogP contribution < -0.4 is 25.5 Å². The van der Waals surface area contributed by atoms with Crippen LogP contribution in [0.3, 0.4) is 0 Å². The Morgan fingerprint density at radius 2 is 1.69 bits per heavy atom. The van der Waals surface area contributed by atoms with Gasteiger partial charge in [0.15, 0.2) is 0 Å². The van der Waals surface area contributed by atoms with Crippen LogP contribution in [0.15, 0.2) is 48.5 Å². The monoisotopic (exact) mass is 493 g/mol. The Kier molecular flexibility index (Phi) is 6.26. The summed E-state index contributed by atoms with van der Waals surface area (Å²) in [7, 11) is 2.28. The second kappa shape index (κ2) is 9.18. The molecule has 10 nitrogen and oxygen atoms in total. The number of ether oxygens (including phenoxy) is 4. The molecule has 1 heterocycles. The Morgan fingerprint density at radius 3 is 2.29 bits per heavy atom. The van der Waals surface area contributed by atoms with Gasteiger partial charge in [0.1, 0.15) is 18.6 Å². The molecule has 0 saturated carbocycles. The molecule has 0 bridgehead atoms. The molecule has 0 radical (unpaired) electrons. The van der Waals surface area contributed by atoms with E-state index in [1.807, 2.05) is 0 Å². The maximum atomic E-state index is 13.3. The molecule has 13 heteroatoms. The number of hydrogen-bond donors (Lipinski definition) is 1. The third-order valence-corrected chi connectivity index (χ3v) is 5.17. The van der Waals surface area contributed by atoms with Crippen molar-refractivity contribution in [2.45, 2.75) is 12.5 Å². The lowest BCUT2D eigenvalue weighted by atomic mass is 10.1. The van der Waals surface area contributed by atoms with E-state index < -0.39 is 36.3 Å². The SMILES string of the molecule is COC(=O)C1=c2ccccc2=C2NN(C(=O)N(C(=O)OC)c3ccc(OC(F)(F)F)cc3)COC21. The number of hydrazine groups is 1. The maximum absolute atomic E-state index is 13.3. The maximum Gasteiger partial charge on any atom is 0.573 e. The minimum atomic E-state index is -4.90. The fourth-order valence-corrected chi connectivity index (χ4v) is 3.72. The van der Waals surface area contributed by atoms with Crippen molar-refractivity contribution in [3.63, 3.8) is 0 Å². The number of amides is 3. The molecular weight excluding hydrogens is 475 g/mol. The fraction of sp³-hybridized carbons (Fsp3) is 0.227. The zero-order chi connectivity index (χ0) is 25.3. The number of nitrogens with one attached hydrogen (secondary N) is 1. The summed E-state index contributed by atoms with van der Waals surface area (Å²) < 4.78 is 56.5. The number of fused-ring (bicyclic) bond motifs is 2. The van der Waals surface area contributed by atoms with Crippen LogP contribution >= 0.6 is 0 Å². The molecule has 1 unspecified atom stereocenters. The number of carbonyl (C=O) groups excluding carboxylic acids is 3. The molecule has 0 aromatic heterocycles. The lowest BCUT2D eigenvalue weighted by molar-refractivity contribution is -0.274. The van der Waals surface area contributed by atoms with Gasteiger partial charge in [-0.3, -0.25) is 5.43 Å². The van der Waals surface area contributed by atoms with E-state index >= 15 is 0 Å². The fourth-order valence-electron chi connectivity index (χ4n) is 3.72. The third-order valence-electron chi connectivity index (χ3n) is 5.17. The first-order chi connectivity index (χ1) is 16.6.